The molecule has 1 amide bonds. The molecule has 0 saturated carbocycles. The molecule has 0 aliphatic rings. The van der Waals surface area contributed by atoms with E-state index in [1.807, 2.05) is 6.92 Å². The molecular weight excluding hydrogens is 182 g/mol. The fourth-order valence-corrected chi connectivity index (χ4v) is 0.920. The number of rotatable bonds is 3. The summed E-state index contributed by atoms with van der Waals surface area (Å²) < 4.78 is 4.79. The topological polar surface area (TPSA) is 58.6 Å². The maximum absolute atomic E-state index is 11.1. The van der Waals surface area contributed by atoms with Gasteiger partial charge in [0.15, 0.2) is 0 Å². The first-order valence-electron chi connectivity index (χ1n) is 4.45. The Morgan fingerprint density at radius 3 is 2.86 bits per heavy atom. The number of benzene rings is 1. The SMILES string of the molecule is CCCOC(=O)Nc1ccccc1O. The first-order chi connectivity index (χ1) is 6.74. The molecule has 1 aromatic rings. The molecule has 1 aromatic carbocycles. The molecule has 0 saturated heterocycles. The number of hydrogen-bond donors (Lipinski definition) is 2. The predicted octanol–water partition coefficient (Wildman–Crippen LogP) is 2.35. The van der Waals surface area contributed by atoms with Crippen LogP contribution in [-0.2, 0) is 4.74 Å². The van der Waals surface area contributed by atoms with E-state index in [1.165, 1.54) is 6.07 Å². The maximum atomic E-state index is 11.1. The van der Waals surface area contributed by atoms with Crippen molar-refractivity contribution < 1.29 is 14.6 Å². The number of phenols is 1. The quantitative estimate of drug-likeness (QED) is 0.728. The maximum Gasteiger partial charge on any atom is 0.411 e. The molecule has 0 aliphatic carbocycles. The van der Waals surface area contributed by atoms with Crippen LogP contribution in [0, 0.1) is 0 Å². The van der Waals surface area contributed by atoms with Crippen molar-refractivity contribution in [2.75, 3.05) is 11.9 Å². The molecule has 1 rings (SSSR count). The van der Waals surface area contributed by atoms with Gasteiger partial charge in [0.2, 0.25) is 0 Å². The number of ether oxygens (including phenoxy) is 1. The van der Waals surface area contributed by atoms with Crippen molar-refractivity contribution in [3.63, 3.8) is 0 Å². The second-order valence-corrected chi connectivity index (χ2v) is 2.78. The number of para-hydroxylation sites is 2. The lowest BCUT2D eigenvalue weighted by molar-refractivity contribution is 0.161. The summed E-state index contributed by atoms with van der Waals surface area (Å²) in [5.74, 6) is 0.0287. The molecule has 0 fully saturated rings. The Bertz CT molecular complexity index is 312. The van der Waals surface area contributed by atoms with Gasteiger partial charge < -0.3 is 9.84 Å². The Hall–Kier alpha value is -1.71. The summed E-state index contributed by atoms with van der Waals surface area (Å²) in [6, 6.07) is 6.49. The molecule has 0 bridgehead atoms. The van der Waals surface area contributed by atoms with E-state index in [1.54, 1.807) is 18.2 Å². The van der Waals surface area contributed by atoms with Crippen LogP contribution in [0.5, 0.6) is 5.75 Å². The molecule has 0 unspecified atom stereocenters. The minimum Gasteiger partial charge on any atom is -0.506 e. The average molecular weight is 195 g/mol. The summed E-state index contributed by atoms with van der Waals surface area (Å²) in [7, 11) is 0. The van der Waals surface area contributed by atoms with Gasteiger partial charge in [0.1, 0.15) is 5.75 Å². The normalized spacial score (nSPS) is 9.50. The van der Waals surface area contributed by atoms with Crippen molar-refractivity contribution in [2.24, 2.45) is 0 Å². The third-order valence-electron chi connectivity index (χ3n) is 1.58. The van der Waals surface area contributed by atoms with Gasteiger partial charge in [0, 0.05) is 0 Å². The monoisotopic (exact) mass is 195 g/mol. The summed E-state index contributed by atoms with van der Waals surface area (Å²) in [4.78, 5) is 11.1. The lowest BCUT2D eigenvalue weighted by Gasteiger charge is -2.06. The first-order valence-corrected chi connectivity index (χ1v) is 4.45. The van der Waals surface area contributed by atoms with Crippen molar-refractivity contribution in [1.29, 1.82) is 0 Å². The van der Waals surface area contributed by atoms with Gasteiger partial charge in [-0.2, -0.15) is 0 Å². The van der Waals surface area contributed by atoms with Gasteiger partial charge in [0.05, 0.1) is 12.3 Å². The van der Waals surface area contributed by atoms with Crippen LogP contribution in [0.3, 0.4) is 0 Å². The molecule has 2 N–H and O–H groups in total. The summed E-state index contributed by atoms with van der Waals surface area (Å²) in [6.45, 7) is 2.28. The number of nitrogens with one attached hydrogen (secondary N) is 1. The smallest absolute Gasteiger partial charge is 0.411 e. The summed E-state index contributed by atoms with van der Waals surface area (Å²) in [6.07, 6.45) is 0.224. The van der Waals surface area contributed by atoms with Gasteiger partial charge in [-0.15, -0.1) is 0 Å². The van der Waals surface area contributed by atoms with Gasteiger partial charge in [-0.05, 0) is 18.6 Å². The molecule has 0 aromatic heterocycles. The zero-order valence-corrected chi connectivity index (χ0v) is 7.99. The molecule has 0 spiro atoms. The molecule has 0 heterocycles. The molecular formula is C10H13NO3. The fourth-order valence-electron chi connectivity index (χ4n) is 0.920. The highest BCUT2D eigenvalue weighted by atomic mass is 16.5. The number of phenolic OH excluding ortho intramolecular Hbond substituents is 1. The molecule has 4 heteroatoms. The fraction of sp³-hybridized carbons (Fsp3) is 0.300. The first kappa shape index (κ1) is 10.4. The van der Waals surface area contributed by atoms with E-state index < -0.39 is 6.09 Å². The van der Waals surface area contributed by atoms with Gasteiger partial charge >= 0.3 is 6.09 Å². The molecule has 76 valence electrons. The standard InChI is InChI=1S/C10H13NO3/c1-2-7-14-10(13)11-8-5-3-4-6-9(8)12/h3-6,12H,2,7H2,1H3,(H,11,13). The van der Waals surface area contributed by atoms with Crippen molar-refractivity contribution in [3.05, 3.63) is 24.3 Å². The molecule has 0 atom stereocenters. The molecule has 0 radical (unpaired) electrons. The van der Waals surface area contributed by atoms with Gasteiger partial charge in [-0.3, -0.25) is 5.32 Å². The lowest BCUT2D eigenvalue weighted by atomic mass is 10.3. The van der Waals surface area contributed by atoms with Crippen LogP contribution < -0.4 is 5.32 Å². The zero-order valence-electron chi connectivity index (χ0n) is 7.99. The summed E-state index contributed by atoms with van der Waals surface area (Å²) >= 11 is 0. The van der Waals surface area contributed by atoms with Crippen molar-refractivity contribution in [2.45, 2.75) is 13.3 Å². The lowest BCUT2D eigenvalue weighted by Crippen LogP contribution is -2.13. The highest BCUT2D eigenvalue weighted by Gasteiger charge is 2.04. The number of carbonyl (C=O) groups excluding carboxylic acids is 1. The van der Waals surface area contributed by atoms with E-state index in [-0.39, 0.29) is 5.75 Å². The molecule has 0 aliphatic heterocycles. The Labute approximate surface area is 82.5 Å². The predicted molar refractivity (Wildman–Crippen MR) is 53.4 cm³/mol. The third kappa shape index (κ3) is 2.97. The van der Waals surface area contributed by atoms with Crippen LogP contribution in [0.1, 0.15) is 13.3 Å². The third-order valence-corrected chi connectivity index (χ3v) is 1.58. The Morgan fingerprint density at radius 1 is 1.50 bits per heavy atom. The minimum atomic E-state index is -0.548. The van der Waals surface area contributed by atoms with Crippen LogP contribution >= 0.6 is 0 Å². The largest absolute Gasteiger partial charge is 0.506 e. The second kappa shape index (κ2) is 5.11. The Kier molecular flexibility index (Phi) is 3.79. The zero-order chi connectivity index (χ0) is 10.4. The van der Waals surface area contributed by atoms with Crippen LogP contribution in [0.4, 0.5) is 10.5 Å². The van der Waals surface area contributed by atoms with Crippen LogP contribution in [0.15, 0.2) is 24.3 Å². The van der Waals surface area contributed by atoms with Crippen molar-refractivity contribution in [1.82, 2.24) is 0 Å². The number of aromatic hydroxyl groups is 1. The van der Waals surface area contributed by atoms with E-state index in [2.05, 4.69) is 5.32 Å². The molecule has 4 nitrogen and oxygen atoms in total. The highest BCUT2D eigenvalue weighted by molar-refractivity contribution is 5.86. The van der Waals surface area contributed by atoms with Crippen LogP contribution in [0.25, 0.3) is 0 Å². The summed E-state index contributed by atoms with van der Waals surface area (Å²) in [5.41, 5.74) is 0.355. The van der Waals surface area contributed by atoms with Gasteiger partial charge in [0.25, 0.3) is 0 Å². The molecule has 14 heavy (non-hydrogen) atoms. The van der Waals surface area contributed by atoms with Crippen LogP contribution in [0.2, 0.25) is 0 Å². The van der Waals surface area contributed by atoms with E-state index in [0.29, 0.717) is 12.3 Å². The Morgan fingerprint density at radius 2 is 2.21 bits per heavy atom. The number of hydrogen-bond acceptors (Lipinski definition) is 3. The van der Waals surface area contributed by atoms with E-state index >= 15 is 0 Å². The van der Waals surface area contributed by atoms with E-state index in [4.69, 9.17) is 4.74 Å². The van der Waals surface area contributed by atoms with Gasteiger partial charge in [-0.25, -0.2) is 4.79 Å². The Balaban J connectivity index is 2.52. The minimum absolute atomic E-state index is 0.0287. The number of anilines is 1. The van der Waals surface area contributed by atoms with Crippen molar-refractivity contribution >= 4 is 11.8 Å². The highest BCUT2D eigenvalue weighted by Crippen LogP contribution is 2.21. The van der Waals surface area contributed by atoms with Gasteiger partial charge in [-0.1, -0.05) is 19.1 Å². The summed E-state index contributed by atoms with van der Waals surface area (Å²) in [5, 5.41) is 11.7. The second-order valence-electron chi connectivity index (χ2n) is 2.78. The number of carbonyl (C=O) groups is 1. The van der Waals surface area contributed by atoms with E-state index in [0.717, 1.165) is 6.42 Å². The van der Waals surface area contributed by atoms with Crippen molar-refractivity contribution in [3.8, 4) is 5.75 Å². The number of amides is 1. The average Bonchev–Trinajstić information content (AvgIpc) is 2.18. The van der Waals surface area contributed by atoms with Crippen LogP contribution in [-0.4, -0.2) is 17.8 Å². The van der Waals surface area contributed by atoms with E-state index in [9.17, 15) is 9.90 Å².